The number of methoxy groups -OCH3 is 1. The normalized spacial score (nSPS) is 10.6. The van der Waals surface area contributed by atoms with E-state index < -0.39 is 0 Å². The van der Waals surface area contributed by atoms with Gasteiger partial charge in [-0.25, -0.2) is 9.97 Å². The van der Waals surface area contributed by atoms with E-state index in [-0.39, 0.29) is 5.91 Å². The monoisotopic (exact) mass is 362 g/mol. The van der Waals surface area contributed by atoms with Crippen molar-refractivity contribution in [3.8, 4) is 5.75 Å². The fraction of sp³-hybridized carbons (Fsp3) is 0.389. The molecule has 0 spiro atoms. The van der Waals surface area contributed by atoms with Gasteiger partial charge in [0.25, 0.3) is 5.91 Å². The molecular formula is C18H23ClN4O2. The highest BCUT2D eigenvalue weighted by molar-refractivity contribution is 6.31. The standard InChI is InChI=1S/C18H23ClN4O2/c1-11(2)5-7-20-17(24)14-6-8-21-18(22-14)23-15-9-12(3)13(19)10-16(15)25-4/h6,8-11H,5,7H2,1-4H3,(H,20,24)(H,21,22,23). The number of amides is 1. The van der Waals surface area contributed by atoms with E-state index in [9.17, 15) is 4.79 Å². The maximum Gasteiger partial charge on any atom is 0.270 e. The van der Waals surface area contributed by atoms with Gasteiger partial charge in [0.1, 0.15) is 11.4 Å². The van der Waals surface area contributed by atoms with Gasteiger partial charge in [0.15, 0.2) is 0 Å². The van der Waals surface area contributed by atoms with Crippen LogP contribution in [-0.2, 0) is 0 Å². The summed E-state index contributed by atoms with van der Waals surface area (Å²) in [6.07, 6.45) is 2.46. The molecule has 0 saturated carbocycles. The number of ether oxygens (including phenoxy) is 1. The lowest BCUT2D eigenvalue weighted by Crippen LogP contribution is -2.26. The van der Waals surface area contributed by atoms with Crippen molar-refractivity contribution in [3.05, 3.63) is 40.7 Å². The quantitative estimate of drug-likeness (QED) is 0.779. The molecule has 0 radical (unpaired) electrons. The topological polar surface area (TPSA) is 76.1 Å². The molecule has 0 fully saturated rings. The van der Waals surface area contributed by atoms with Crippen LogP contribution in [-0.4, -0.2) is 29.5 Å². The fourth-order valence-corrected chi connectivity index (χ4v) is 2.31. The molecule has 1 aromatic heterocycles. The van der Waals surface area contributed by atoms with E-state index in [4.69, 9.17) is 16.3 Å². The molecule has 1 aromatic carbocycles. The number of carbonyl (C=O) groups excluding carboxylic acids is 1. The van der Waals surface area contributed by atoms with E-state index in [1.165, 1.54) is 0 Å². The minimum atomic E-state index is -0.217. The van der Waals surface area contributed by atoms with Crippen LogP contribution in [0.25, 0.3) is 0 Å². The maximum atomic E-state index is 12.2. The summed E-state index contributed by atoms with van der Waals surface area (Å²) < 4.78 is 5.32. The summed E-state index contributed by atoms with van der Waals surface area (Å²) in [4.78, 5) is 20.6. The molecule has 0 saturated heterocycles. The van der Waals surface area contributed by atoms with Crippen LogP contribution in [0.2, 0.25) is 5.02 Å². The van der Waals surface area contributed by atoms with E-state index in [1.54, 1.807) is 25.4 Å². The summed E-state index contributed by atoms with van der Waals surface area (Å²) in [6.45, 7) is 6.74. The maximum absolute atomic E-state index is 12.2. The van der Waals surface area contributed by atoms with Crippen LogP contribution < -0.4 is 15.4 Å². The minimum Gasteiger partial charge on any atom is -0.495 e. The van der Waals surface area contributed by atoms with Gasteiger partial charge in [0, 0.05) is 23.8 Å². The molecule has 2 N–H and O–H groups in total. The molecule has 134 valence electrons. The number of halogens is 1. The van der Waals surface area contributed by atoms with Gasteiger partial charge in [-0.2, -0.15) is 0 Å². The lowest BCUT2D eigenvalue weighted by molar-refractivity contribution is 0.0947. The first kappa shape index (κ1) is 19.0. The number of hydrogen-bond donors (Lipinski definition) is 2. The summed E-state index contributed by atoms with van der Waals surface area (Å²) in [5.41, 5.74) is 1.89. The highest BCUT2D eigenvalue weighted by Gasteiger charge is 2.12. The van der Waals surface area contributed by atoms with Crippen molar-refractivity contribution in [3.63, 3.8) is 0 Å². The van der Waals surface area contributed by atoms with Crippen LogP contribution >= 0.6 is 11.6 Å². The molecule has 0 unspecified atom stereocenters. The van der Waals surface area contributed by atoms with Crippen molar-refractivity contribution in [1.29, 1.82) is 0 Å². The van der Waals surface area contributed by atoms with Crippen LogP contribution in [0.3, 0.4) is 0 Å². The van der Waals surface area contributed by atoms with Gasteiger partial charge in [0.2, 0.25) is 5.95 Å². The van der Waals surface area contributed by atoms with Gasteiger partial charge in [-0.15, -0.1) is 0 Å². The van der Waals surface area contributed by atoms with Crippen LogP contribution in [0.1, 0.15) is 36.3 Å². The number of nitrogens with one attached hydrogen (secondary N) is 2. The fourth-order valence-electron chi connectivity index (χ4n) is 2.16. The Kier molecular flexibility index (Phi) is 6.58. The predicted octanol–water partition coefficient (Wildman–Crippen LogP) is 3.97. The molecule has 0 atom stereocenters. The first-order valence-electron chi connectivity index (χ1n) is 8.13. The second-order valence-electron chi connectivity index (χ2n) is 6.13. The highest BCUT2D eigenvalue weighted by atomic mass is 35.5. The number of benzene rings is 1. The first-order valence-corrected chi connectivity index (χ1v) is 8.51. The second-order valence-corrected chi connectivity index (χ2v) is 6.54. The third kappa shape index (κ3) is 5.32. The molecule has 0 aliphatic heterocycles. The molecular weight excluding hydrogens is 340 g/mol. The zero-order chi connectivity index (χ0) is 18.4. The molecule has 0 aliphatic rings. The number of carbonyl (C=O) groups is 1. The first-order chi connectivity index (χ1) is 11.9. The third-order valence-corrected chi connectivity index (χ3v) is 4.03. The lowest BCUT2D eigenvalue weighted by Gasteiger charge is -2.12. The van der Waals surface area contributed by atoms with Gasteiger partial charge in [-0.1, -0.05) is 25.4 Å². The molecule has 0 bridgehead atoms. The summed E-state index contributed by atoms with van der Waals surface area (Å²) in [7, 11) is 1.56. The van der Waals surface area contributed by atoms with Crippen LogP contribution in [0.4, 0.5) is 11.6 Å². The number of nitrogens with zero attached hydrogens (tertiary/aromatic N) is 2. The summed E-state index contributed by atoms with van der Waals surface area (Å²) in [6, 6.07) is 5.15. The number of hydrogen-bond acceptors (Lipinski definition) is 5. The van der Waals surface area contributed by atoms with E-state index in [0.29, 0.717) is 40.6 Å². The predicted molar refractivity (Wildman–Crippen MR) is 99.8 cm³/mol. The SMILES string of the molecule is COc1cc(Cl)c(C)cc1Nc1nccc(C(=O)NCCC(C)C)n1. The second kappa shape index (κ2) is 8.67. The van der Waals surface area contributed by atoms with E-state index in [1.807, 2.05) is 13.0 Å². The molecule has 7 heteroatoms. The van der Waals surface area contributed by atoms with Crippen LogP contribution in [0.15, 0.2) is 24.4 Å². The van der Waals surface area contributed by atoms with E-state index in [0.717, 1.165) is 12.0 Å². The number of rotatable bonds is 7. The molecule has 0 aliphatic carbocycles. The smallest absolute Gasteiger partial charge is 0.270 e. The number of aryl methyl sites for hydroxylation is 1. The Morgan fingerprint density at radius 3 is 2.80 bits per heavy atom. The van der Waals surface area contributed by atoms with Crippen molar-refractivity contribution in [2.24, 2.45) is 5.92 Å². The largest absolute Gasteiger partial charge is 0.495 e. The lowest BCUT2D eigenvalue weighted by atomic mass is 10.1. The van der Waals surface area contributed by atoms with Crippen molar-refractivity contribution >= 4 is 29.1 Å². The molecule has 2 aromatic rings. The average Bonchev–Trinajstić information content (AvgIpc) is 2.57. The molecule has 1 amide bonds. The Morgan fingerprint density at radius 1 is 1.36 bits per heavy atom. The zero-order valence-electron chi connectivity index (χ0n) is 14.9. The van der Waals surface area contributed by atoms with Gasteiger partial charge < -0.3 is 15.4 Å². The van der Waals surface area contributed by atoms with Crippen molar-refractivity contribution in [2.45, 2.75) is 27.2 Å². The van der Waals surface area contributed by atoms with Crippen LogP contribution in [0.5, 0.6) is 5.75 Å². The minimum absolute atomic E-state index is 0.217. The summed E-state index contributed by atoms with van der Waals surface area (Å²) >= 11 is 6.11. The Morgan fingerprint density at radius 2 is 2.12 bits per heavy atom. The van der Waals surface area contributed by atoms with Crippen LogP contribution in [0, 0.1) is 12.8 Å². The van der Waals surface area contributed by atoms with Crippen molar-refractivity contribution in [1.82, 2.24) is 15.3 Å². The van der Waals surface area contributed by atoms with Crippen molar-refractivity contribution in [2.75, 3.05) is 19.0 Å². The molecule has 25 heavy (non-hydrogen) atoms. The number of aromatic nitrogens is 2. The third-order valence-electron chi connectivity index (χ3n) is 3.62. The molecule has 1 heterocycles. The Balaban J connectivity index is 2.14. The summed E-state index contributed by atoms with van der Waals surface area (Å²) in [5, 5.41) is 6.55. The highest BCUT2D eigenvalue weighted by Crippen LogP contribution is 2.32. The van der Waals surface area contributed by atoms with E-state index in [2.05, 4.69) is 34.4 Å². The average molecular weight is 363 g/mol. The van der Waals surface area contributed by atoms with Gasteiger partial charge >= 0.3 is 0 Å². The molecule has 2 rings (SSSR count). The van der Waals surface area contributed by atoms with Gasteiger partial charge in [-0.05, 0) is 37.0 Å². The summed E-state index contributed by atoms with van der Waals surface area (Å²) in [5.74, 6) is 1.21. The van der Waals surface area contributed by atoms with Crippen molar-refractivity contribution < 1.29 is 9.53 Å². The van der Waals surface area contributed by atoms with E-state index >= 15 is 0 Å². The van der Waals surface area contributed by atoms with Gasteiger partial charge in [-0.3, -0.25) is 4.79 Å². The zero-order valence-corrected chi connectivity index (χ0v) is 15.6. The Labute approximate surface area is 153 Å². The van der Waals surface area contributed by atoms with Gasteiger partial charge in [0.05, 0.1) is 12.8 Å². The number of anilines is 2. The Hall–Kier alpha value is -2.34. The molecule has 6 nitrogen and oxygen atoms in total. The Bertz CT molecular complexity index is 750.